The SMILES string of the molecule is C#CCSCCNCc1ccc(CC(=O)O)s1. The maximum Gasteiger partial charge on any atom is 0.308 e. The predicted octanol–water partition coefficient (Wildman–Crippen LogP) is 1.83. The third-order valence-corrected chi connectivity index (χ3v) is 3.90. The van der Waals surface area contributed by atoms with Crippen molar-refractivity contribution in [1.29, 1.82) is 0 Å². The molecule has 3 nitrogen and oxygen atoms in total. The molecule has 1 aromatic rings. The Morgan fingerprint density at radius 2 is 2.29 bits per heavy atom. The highest BCUT2D eigenvalue weighted by molar-refractivity contribution is 7.99. The van der Waals surface area contributed by atoms with Crippen molar-refractivity contribution < 1.29 is 9.90 Å². The van der Waals surface area contributed by atoms with Gasteiger partial charge in [-0.3, -0.25) is 4.79 Å². The molecule has 92 valence electrons. The monoisotopic (exact) mass is 269 g/mol. The first-order chi connectivity index (χ1) is 8.22. The van der Waals surface area contributed by atoms with E-state index in [1.54, 1.807) is 23.1 Å². The topological polar surface area (TPSA) is 49.3 Å². The summed E-state index contributed by atoms with van der Waals surface area (Å²) in [6.07, 6.45) is 5.25. The Hall–Kier alpha value is -0.960. The van der Waals surface area contributed by atoms with E-state index in [9.17, 15) is 4.79 Å². The zero-order valence-electron chi connectivity index (χ0n) is 9.44. The Morgan fingerprint density at radius 3 is 3.00 bits per heavy atom. The van der Waals surface area contributed by atoms with Gasteiger partial charge in [0.2, 0.25) is 0 Å². The van der Waals surface area contributed by atoms with Gasteiger partial charge in [0.15, 0.2) is 0 Å². The largest absolute Gasteiger partial charge is 0.481 e. The van der Waals surface area contributed by atoms with Crippen LogP contribution in [0.5, 0.6) is 0 Å². The fraction of sp³-hybridized carbons (Fsp3) is 0.417. The van der Waals surface area contributed by atoms with Crippen LogP contribution in [0.1, 0.15) is 9.75 Å². The van der Waals surface area contributed by atoms with E-state index < -0.39 is 5.97 Å². The first-order valence-corrected chi connectivity index (χ1v) is 7.21. The first-order valence-electron chi connectivity index (χ1n) is 5.23. The van der Waals surface area contributed by atoms with Crippen LogP contribution >= 0.6 is 23.1 Å². The van der Waals surface area contributed by atoms with Crippen LogP contribution < -0.4 is 5.32 Å². The molecule has 0 aromatic carbocycles. The number of thiophene rings is 1. The number of hydrogen-bond acceptors (Lipinski definition) is 4. The highest BCUT2D eigenvalue weighted by Gasteiger charge is 2.04. The summed E-state index contributed by atoms with van der Waals surface area (Å²) in [4.78, 5) is 12.6. The Morgan fingerprint density at radius 1 is 1.53 bits per heavy atom. The molecular formula is C12H15NO2S2. The van der Waals surface area contributed by atoms with Crippen LogP contribution in [-0.4, -0.2) is 29.1 Å². The predicted molar refractivity (Wildman–Crippen MR) is 73.5 cm³/mol. The lowest BCUT2D eigenvalue weighted by atomic mass is 10.3. The molecule has 0 amide bonds. The number of aliphatic carboxylic acids is 1. The van der Waals surface area contributed by atoms with Gasteiger partial charge in [-0.25, -0.2) is 0 Å². The van der Waals surface area contributed by atoms with Gasteiger partial charge >= 0.3 is 5.97 Å². The number of thioether (sulfide) groups is 1. The minimum atomic E-state index is -0.781. The molecule has 1 rings (SSSR count). The van der Waals surface area contributed by atoms with Crippen LogP contribution in [0.3, 0.4) is 0 Å². The van der Waals surface area contributed by atoms with Gasteiger partial charge in [0, 0.05) is 28.6 Å². The molecule has 0 atom stereocenters. The second-order valence-electron chi connectivity index (χ2n) is 3.37. The molecule has 1 heterocycles. The van der Waals surface area contributed by atoms with E-state index in [1.165, 1.54) is 4.88 Å². The third-order valence-electron chi connectivity index (χ3n) is 1.95. The van der Waals surface area contributed by atoms with E-state index in [1.807, 2.05) is 12.1 Å². The van der Waals surface area contributed by atoms with Crippen molar-refractivity contribution >= 4 is 29.1 Å². The summed E-state index contributed by atoms with van der Waals surface area (Å²) in [5.74, 6) is 3.55. The number of nitrogens with one attached hydrogen (secondary N) is 1. The maximum atomic E-state index is 10.5. The van der Waals surface area contributed by atoms with Crippen LogP contribution in [0.2, 0.25) is 0 Å². The summed E-state index contributed by atoms with van der Waals surface area (Å²) in [5, 5.41) is 11.9. The molecule has 2 N–H and O–H groups in total. The Balaban J connectivity index is 2.17. The Kier molecular flexibility index (Phi) is 6.78. The van der Waals surface area contributed by atoms with Crippen molar-refractivity contribution in [2.45, 2.75) is 13.0 Å². The summed E-state index contributed by atoms with van der Waals surface area (Å²) in [7, 11) is 0. The molecule has 0 aliphatic heterocycles. The van der Waals surface area contributed by atoms with Crippen molar-refractivity contribution in [2.24, 2.45) is 0 Å². The first kappa shape index (κ1) is 14.1. The summed E-state index contributed by atoms with van der Waals surface area (Å²) >= 11 is 3.28. The molecule has 0 aliphatic rings. The maximum absolute atomic E-state index is 10.5. The molecule has 0 aliphatic carbocycles. The lowest BCUT2D eigenvalue weighted by molar-refractivity contribution is -0.136. The van der Waals surface area contributed by atoms with Crippen molar-refractivity contribution in [3.63, 3.8) is 0 Å². The summed E-state index contributed by atoms with van der Waals surface area (Å²) < 4.78 is 0. The van der Waals surface area contributed by atoms with E-state index in [-0.39, 0.29) is 6.42 Å². The minimum absolute atomic E-state index is 0.114. The molecule has 0 spiro atoms. The molecule has 17 heavy (non-hydrogen) atoms. The average molecular weight is 269 g/mol. The Labute approximate surface area is 110 Å². The average Bonchev–Trinajstić information content (AvgIpc) is 2.70. The normalized spacial score (nSPS) is 10.1. The molecule has 0 saturated carbocycles. The quantitative estimate of drug-likeness (QED) is 0.558. The number of carboxylic acid groups (broad SMARTS) is 1. The summed E-state index contributed by atoms with van der Waals surface area (Å²) in [5.41, 5.74) is 0. The van der Waals surface area contributed by atoms with Gasteiger partial charge in [-0.15, -0.1) is 29.5 Å². The van der Waals surface area contributed by atoms with Gasteiger partial charge in [-0.1, -0.05) is 5.92 Å². The van der Waals surface area contributed by atoms with Crippen molar-refractivity contribution in [1.82, 2.24) is 5.32 Å². The zero-order chi connectivity index (χ0) is 12.5. The third kappa shape index (κ3) is 6.37. The summed E-state index contributed by atoms with van der Waals surface area (Å²) in [6, 6.07) is 3.85. The minimum Gasteiger partial charge on any atom is -0.481 e. The van der Waals surface area contributed by atoms with Crippen molar-refractivity contribution in [3.8, 4) is 12.3 Å². The molecule has 0 unspecified atom stereocenters. The highest BCUT2D eigenvalue weighted by Crippen LogP contribution is 2.16. The smallest absolute Gasteiger partial charge is 0.308 e. The number of rotatable bonds is 8. The molecular weight excluding hydrogens is 254 g/mol. The molecule has 5 heteroatoms. The fourth-order valence-corrected chi connectivity index (χ4v) is 2.78. The lowest BCUT2D eigenvalue weighted by Gasteiger charge is -2.01. The molecule has 0 bridgehead atoms. The van der Waals surface area contributed by atoms with Crippen molar-refractivity contribution in [3.05, 3.63) is 21.9 Å². The molecule has 0 saturated heterocycles. The van der Waals surface area contributed by atoms with E-state index in [4.69, 9.17) is 11.5 Å². The molecule has 0 radical (unpaired) electrons. The zero-order valence-corrected chi connectivity index (χ0v) is 11.1. The number of hydrogen-bond donors (Lipinski definition) is 2. The molecule has 0 fully saturated rings. The van der Waals surface area contributed by atoms with Gasteiger partial charge in [0.05, 0.1) is 12.2 Å². The van der Waals surface area contributed by atoms with E-state index in [0.29, 0.717) is 0 Å². The van der Waals surface area contributed by atoms with Crippen LogP contribution in [0, 0.1) is 12.3 Å². The molecule has 1 aromatic heterocycles. The Bertz CT molecular complexity index is 395. The summed E-state index contributed by atoms with van der Waals surface area (Å²) in [6.45, 7) is 1.71. The second kappa shape index (κ2) is 8.18. The van der Waals surface area contributed by atoms with Crippen molar-refractivity contribution in [2.75, 3.05) is 18.1 Å². The standard InChI is InChI=1S/C12H15NO2S2/c1-2-6-16-7-5-13-9-11-4-3-10(17-11)8-12(14)15/h1,3-4,13H,5-9H2,(H,14,15). The number of terminal acetylenes is 1. The van der Waals surface area contributed by atoms with Crippen LogP contribution in [0.25, 0.3) is 0 Å². The van der Waals surface area contributed by atoms with E-state index in [0.717, 1.165) is 29.5 Å². The fourth-order valence-electron chi connectivity index (χ4n) is 1.25. The van der Waals surface area contributed by atoms with Crippen LogP contribution in [-0.2, 0) is 17.8 Å². The van der Waals surface area contributed by atoms with E-state index in [2.05, 4.69) is 11.2 Å². The number of carbonyl (C=O) groups is 1. The highest BCUT2D eigenvalue weighted by atomic mass is 32.2. The lowest BCUT2D eigenvalue weighted by Crippen LogP contribution is -2.15. The van der Waals surface area contributed by atoms with Gasteiger partial charge in [0.1, 0.15) is 0 Å². The van der Waals surface area contributed by atoms with Gasteiger partial charge in [0.25, 0.3) is 0 Å². The van der Waals surface area contributed by atoms with Gasteiger partial charge in [-0.2, -0.15) is 0 Å². The van der Waals surface area contributed by atoms with Gasteiger partial charge in [-0.05, 0) is 12.1 Å². The van der Waals surface area contributed by atoms with E-state index >= 15 is 0 Å². The van der Waals surface area contributed by atoms with Crippen LogP contribution in [0.4, 0.5) is 0 Å². The number of carboxylic acids is 1. The van der Waals surface area contributed by atoms with Gasteiger partial charge < -0.3 is 10.4 Å². The van der Waals surface area contributed by atoms with Crippen LogP contribution in [0.15, 0.2) is 12.1 Å². The second-order valence-corrected chi connectivity index (χ2v) is 5.73.